The van der Waals surface area contributed by atoms with Crippen molar-refractivity contribution in [2.45, 2.75) is 39.9 Å². The van der Waals surface area contributed by atoms with Crippen molar-refractivity contribution < 1.29 is 19.4 Å². The number of rotatable bonds is 6. The summed E-state index contributed by atoms with van der Waals surface area (Å²) in [5.74, 6) is -0.248. The Bertz CT molecular complexity index is 1240. The van der Waals surface area contributed by atoms with Crippen LogP contribution in [-0.2, 0) is 24.4 Å². The smallest absolute Gasteiger partial charge is 0.258 e. The molecule has 5 rings (SSSR count). The van der Waals surface area contributed by atoms with Crippen LogP contribution in [0.3, 0.4) is 0 Å². The van der Waals surface area contributed by atoms with Gasteiger partial charge >= 0.3 is 0 Å². The van der Waals surface area contributed by atoms with Crippen molar-refractivity contribution in [1.82, 2.24) is 20.0 Å². The van der Waals surface area contributed by atoms with Crippen molar-refractivity contribution >= 4 is 22.6 Å². The highest BCUT2D eigenvalue weighted by atomic mass is 16.5. The molecule has 34 heavy (non-hydrogen) atoms. The maximum atomic E-state index is 13.4. The van der Waals surface area contributed by atoms with Gasteiger partial charge in [0, 0.05) is 50.6 Å². The molecule has 1 fully saturated rings. The first-order valence-corrected chi connectivity index (χ1v) is 11.8. The van der Waals surface area contributed by atoms with Gasteiger partial charge in [-0.05, 0) is 28.7 Å². The van der Waals surface area contributed by atoms with E-state index in [0.717, 1.165) is 44.0 Å². The van der Waals surface area contributed by atoms with Crippen LogP contribution >= 0.6 is 0 Å². The monoisotopic (exact) mass is 462 g/mol. The number of hydrogen-bond donors (Lipinski definition) is 2. The average Bonchev–Trinajstić information content (AvgIpc) is 3.42. The minimum atomic E-state index is -0.256. The number of benzene rings is 2. The number of carbonyl (C=O) groups is 2. The van der Waals surface area contributed by atoms with E-state index in [1.165, 1.54) is 11.6 Å². The number of aromatic amines is 1. The predicted octanol–water partition coefficient (Wildman–Crippen LogP) is 3.49. The molecule has 3 heterocycles. The Morgan fingerprint density at radius 3 is 2.65 bits per heavy atom. The van der Waals surface area contributed by atoms with Crippen LogP contribution in [0.5, 0.6) is 5.75 Å². The molecule has 178 valence electrons. The van der Waals surface area contributed by atoms with Crippen molar-refractivity contribution in [2.24, 2.45) is 5.92 Å². The Labute approximate surface area is 198 Å². The van der Waals surface area contributed by atoms with Crippen molar-refractivity contribution in [2.75, 3.05) is 26.3 Å². The van der Waals surface area contributed by atoms with Crippen LogP contribution in [0.25, 0.3) is 10.9 Å². The van der Waals surface area contributed by atoms with Gasteiger partial charge in [-0.2, -0.15) is 5.10 Å². The highest BCUT2D eigenvalue weighted by Crippen LogP contribution is 2.31. The summed E-state index contributed by atoms with van der Waals surface area (Å²) in [4.78, 5) is 30.1. The molecule has 0 saturated carbocycles. The van der Waals surface area contributed by atoms with Gasteiger partial charge in [0.15, 0.2) is 5.78 Å². The fourth-order valence-electron chi connectivity index (χ4n) is 4.78. The summed E-state index contributed by atoms with van der Waals surface area (Å²) in [7, 11) is 0. The van der Waals surface area contributed by atoms with Gasteiger partial charge < -0.3 is 14.7 Å². The van der Waals surface area contributed by atoms with Gasteiger partial charge in [-0.25, -0.2) is 0 Å². The second-order valence-corrected chi connectivity index (χ2v) is 9.66. The van der Waals surface area contributed by atoms with Gasteiger partial charge in [-0.3, -0.25) is 19.6 Å². The molecule has 2 aliphatic rings. The molecule has 1 amide bonds. The largest absolute Gasteiger partial charge is 0.507 e. The molecule has 0 unspecified atom stereocenters. The minimum Gasteiger partial charge on any atom is -0.507 e. The van der Waals surface area contributed by atoms with E-state index in [1.54, 1.807) is 11.0 Å². The van der Waals surface area contributed by atoms with E-state index >= 15 is 0 Å². The summed E-state index contributed by atoms with van der Waals surface area (Å²) < 4.78 is 5.43. The topological polar surface area (TPSA) is 98.8 Å². The van der Waals surface area contributed by atoms with Gasteiger partial charge in [0.25, 0.3) is 5.91 Å². The number of morpholine rings is 1. The average molecular weight is 463 g/mol. The summed E-state index contributed by atoms with van der Waals surface area (Å²) in [5.41, 5.74) is 4.53. The zero-order valence-electron chi connectivity index (χ0n) is 19.6. The van der Waals surface area contributed by atoms with E-state index in [4.69, 9.17) is 4.74 Å². The zero-order chi connectivity index (χ0) is 23.8. The normalized spacial score (nSPS) is 16.4. The Morgan fingerprint density at radius 1 is 1.12 bits per heavy atom. The van der Waals surface area contributed by atoms with Gasteiger partial charge in [0.05, 0.1) is 24.3 Å². The zero-order valence-corrected chi connectivity index (χ0v) is 19.6. The third kappa shape index (κ3) is 4.43. The first kappa shape index (κ1) is 22.6. The number of aromatic hydroxyl groups is 1. The fourth-order valence-corrected chi connectivity index (χ4v) is 4.78. The van der Waals surface area contributed by atoms with Gasteiger partial charge in [-0.15, -0.1) is 0 Å². The van der Waals surface area contributed by atoms with Crippen LogP contribution in [0.2, 0.25) is 0 Å². The van der Waals surface area contributed by atoms with Gasteiger partial charge in [0.2, 0.25) is 0 Å². The highest BCUT2D eigenvalue weighted by Gasteiger charge is 2.28. The molecule has 1 aromatic heterocycles. The van der Waals surface area contributed by atoms with Gasteiger partial charge in [0.1, 0.15) is 11.4 Å². The van der Waals surface area contributed by atoms with Crippen LogP contribution in [0, 0.1) is 5.92 Å². The lowest BCUT2D eigenvalue weighted by molar-refractivity contribution is 0.0342. The summed E-state index contributed by atoms with van der Waals surface area (Å²) in [6.07, 6.45) is 0.373. The number of hydrogen-bond acceptors (Lipinski definition) is 6. The van der Waals surface area contributed by atoms with Crippen LogP contribution in [-0.4, -0.2) is 63.1 Å². The molecule has 2 N–H and O–H groups in total. The fraction of sp³-hybridized carbons (Fsp3) is 0.423. The summed E-state index contributed by atoms with van der Waals surface area (Å²) in [6, 6.07) is 9.48. The Balaban J connectivity index is 1.35. The lowest BCUT2D eigenvalue weighted by atomic mass is 10.0. The van der Waals surface area contributed by atoms with Crippen molar-refractivity contribution in [3.63, 3.8) is 0 Å². The molecule has 8 nitrogen and oxygen atoms in total. The molecule has 0 spiro atoms. The van der Waals surface area contributed by atoms with Crippen molar-refractivity contribution in [3.8, 4) is 5.75 Å². The van der Waals surface area contributed by atoms with E-state index in [2.05, 4.69) is 33.3 Å². The first-order chi connectivity index (χ1) is 16.4. The van der Waals surface area contributed by atoms with E-state index in [-0.39, 0.29) is 28.9 Å². The van der Waals surface area contributed by atoms with Crippen molar-refractivity contribution in [3.05, 3.63) is 58.3 Å². The predicted molar refractivity (Wildman–Crippen MR) is 128 cm³/mol. The van der Waals surface area contributed by atoms with E-state index in [1.807, 2.05) is 13.8 Å². The number of ketones is 1. The molecule has 1 saturated heterocycles. The summed E-state index contributed by atoms with van der Waals surface area (Å²) in [5, 5.41) is 18.1. The molecule has 3 aromatic rings. The molecule has 0 aliphatic carbocycles. The number of aromatic nitrogens is 2. The maximum absolute atomic E-state index is 13.4. The number of phenolic OH excluding ortho intramolecular Hbond substituents is 1. The molecule has 8 heteroatoms. The third-order valence-corrected chi connectivity index (χ3v) is 6.56. The standard InChI is InChI=1S/C26H30N4O4/c1-16(2)9-24(32)25-20-11-21(23(31)12-22(20)27-28-25)26(33)30-14-18-4-3-17(10-19(18)15-30)13-29-5-7-34-8-6-29/h3-4,10-12,16,31H,5-9,13-15H2,1-2H3,(H,27,28). The number of fused-ring (bicyclic) bond motifs is 2. The van der Waals surface area contributed by atoms with Gasteiger partial charge in [-0.1, -0.05) is 32.0 Å². The molecule has 0 bridgehead atoms. The highest BCUT2D eigenvalue weighted by molar-refractivity contribution is 6.09. The first-order valence-electron chi connectivity index (χ1n) is 11.8. The number of phenols is 1. The molecule has 2 aliphatic heterocycles. The minimum absolute atomic E-state index is 0.0771. The quantitative estimate of drug-likeness (QED) is 0.544. The van der Waals surface area contributed by atoms with Crippen LogP contribution in [0.1, 0.15) is 57.8 Å². The summed E-state index contributed by atoms with van der Waals surface area (Å²) in [6.45, 7) is 9.20. The second kappa shape index (κ2) is 9.19. The Hall–Kier alpha value is -3.23. The molecule has 0 radical (unpaired) electrons. The molecule has 2 aromatic carbocycles. The number of ether oxygens (including phenoxy) is 1. The van der Waals surface area contributed by atoms with E-state index in [0.29, 0.717) is 36.1 Å². The third-order valence-electron chi connectivity index (χ3n) is 6.56. The van der Waals surface area contributed by atoms with Crippen LogP contribution in [0.15, 0.2) is 30.3 Å². The SMILES string of the molecule is CC(C)CC(=O)c1n[nH]c2cc(O)c(C(=O)N3Cc4ccc(CN5CCOCC5)cc4C3)cc12. The number of amides is 1. The Kier molecular flexibility index (Phi) is 6.10. The second-order valence-electron chi connectivity index (χ2n) is 9.66. The number of nitrogens with one attached hydrogen (secondary N) is 1. The number of H-pyrrole nitrogens is 1. The number of nitrogens with zero attached hydrogens (tertiary/aromatic N) is 3. The maximum Gasteiger partial charge on any atom is 0.258 e. The van der Waals surface area contributed by atoms with Crippen LogP contribution < -0.4 is 0 Å². The Morgan fingerprint density at radius 2 is 1.88 bits per heavy atom. The van der Waals surface area contributed by atoms with Crippen LogP contribution in [0.4, 0.5) is 0 Å². The molecular weight excluding hydrogens is 432 g/mol. The number of carbonyl (C=O) groups excluding carboxylic acids is 2. The lowest BCUT2D eigenvalue weighted by Gasteiger charge is -2.26. The van der Waals surface area contributed by atoms with E-state index in [9.17, 15) is 14.7 Å². The number of Topliss-reactive ketones (excluding diaryl/α,β-unsaturated/α-hetero) is 1. The molecular formula is C26H30N4O4. The van der Waals surface area contributed by atoms with E-state index < -0.39 is 0 Å². The van der Waals surface area contributed by atoms with Crippen molar-refractivity contribution in [1.29, 1.82) is 0 Å². The lowest BCUT2D eigenvalue weighted by Crippen LogP contribution is -2.35. The summed E-state index contributed by atoms with van der Waals surface area (Å²) >= 11 is 0. The molecule has 0 atom stereocenters.